The van der Waals surface area contributed by atoms with E-state index in [9.17, 15) is 17.6 Å². The van der Waals surface area contributed by atoms with Gasteiger partial charge in [0.1, 0.15) is 24.1 Å². The monoisotopic (exact) mass is 798 g/mol. The highest BCUT2D eigenvalue weighted by Gasteiger charge is 2.19. The Balaban J connectivity index is 1.13. The number of nitrogens with one attached hydrogen (secondary N) is 1. The topological polar surface area (TPSA) is 180 Å². The Morgan fingerprint density at radius 3 is 2.52 bits per heavy atom. The van der Waals surface area contributed by atoms with Crippen molar-refractivity contribution in [2.24, 2.45) is 12.2 Å². The molecule has 1 amide bonds. The number of ether oxygens (including phenoxy) is 2. The van der Waals surface area contributed by atoms with Gasteiger partial charge in [-0.15, -0.1) is 0 Å². The van der Waals surface area contributed by atoms with Gasteiger partial charge in [0.15, 0.2) is 0 Å². The molecule has 13 nitrogen and oxygen atoms in total. The van der Waals surface area contributed by atoms with E-state index in [2.05, 4.69) is 14.9 Å². The summed E-state index contributed by atoms with van der Waals surface area (Å²) in [6.07, 6.45) is 4.57. The first kappa shape index (κ1) is 39.5. The lowest BCUT2D eigenvalue weighted by Gasteiger charge is -2.14. The van der Waals surface area contributed by atoms with Crippen LogP contribution in [-0.4, -0.2) is 58.7 Å². The van der Waals surface area contributed by atoms with Crippen molar-refractivity contribution in [1.29, 1.82) is 5.26 Å². The Labute approximate surface area is 334 Å². The van der Waals surface area contributed by atoms with Gasteiger partial charge < -0.3 is 23.9 Å². The maximum Gasteiger partial charge on any atom is 0.251 e. The molecule has 0 aliphatic heterocycles. The predicted molar refractivity (Wildman–Crippen MR) is 216 cm³/mol. The highest BCUT2D eigenvalue weighted by molar-refractivity contribution is 7.89. The number of methoxy groups -OCH3 is 1. The van der Waals surface area contributed by atoms with Crippen molar-refractivity contribution in [2.75, 3.05) is 20.3 Å². The number of hydrogen-bond acceptors (Lipinski definition) is 9. The van der Waals surface area contributed by atoms with Gasteiger partial charge in [-0.25, -0.2) is 32.9 Å². The number of carbonyl (C=O) groups is 1. The van der Waals surface area contributed by atoms with Crippen molar-refractivity contribution in [3.8, 4) is 34.6 Å². The molecule has 0 aliphatic carbocycles. The number of hydrogen-bond donors (Lipinski definition) is 2. The number of aromatic nitrogens is 5. The second-order valence-electron chi connectivity index (χ2n) is 13.5. The molecule has 0 bridgehead atoms. The minimum absolute atomic E-state index is 0.0332. The van der Waals surface area contributed by atoms with Crippen LogP contribution in [0.5, 0.6) is 5.88 Å². The van der Waals surface area contributed by atoms with Gasteiger partial charge in [0.25, 0.3) is 5.91 Å². The van der Waals surface area contributed by atoms with E-state index >= 15 is 0 Å². The Morgan fingerprint density at radius 1 is 0.983 bits per heavy atom. The molecule has 0 spiro atoms. The molecule has 4 aromatic carbocycles. The molecule has 0 fully saturated rings. The van der Waals surface area contributed by atoms with Gasteiger partial charge in [0, 0.05) is 74.4 Å². The summed E-state index contributed by atoms with van der Waals surface area (Å²) >= 11 is 0. The van der Waals surface area contributed by atoms with Crippen LogP contribution < -0.4 is 15.2 Å². The van der Waals surface area contributed by atoms with Gasteiger partial charge in [-0.05, 0) is 72.1 Å². The number of nitrogens with zero attached hydrogens (tertiary/aromatic N) is 6. The summed E-state index contributed by atoms with van der Waals surface area (Å²) in [5.41, 5.74) is 6.69. The fourth-order valence-electron chi connectivity index (χ4n) is 6.59. The van der Waals surface area contributed by atoms with Crippen LogP contribution in [0.25, 0.3) is 33.7 Å². The highest BCUT2D eigenvalue weighted by Crippen LogP contribution is 2.31. The Hall–Kier alpha value is -6.73. The number of benzene rings is 4. The van der Waals surface area contributed by atoms with Gasteiger partial charge >= 0.3 is 0 Å². The third kappa shape index (κ3) is 8.95. The summed E-state index contributed by atoms with van der Waals surface area (Å²) in [6.45, 7) is 1.28. The lowest BCUT2D eigenvalue weighted by molar-refractivity contribution is 0.0954. The molecule has 3 heterocycles. The van der Waals surface area contributed by atoms with E-state index in [0.717, 1.165) is 39.4 Å². The molecule has 3 N–H and O–H groups in total. The molecule has 0 unspecified atom stereocenters. The second kappa shape index (κ2) is 17.2. The molecular weight excluding hydrogens is 760 g/mol. The zero-order valence-electron chi connectivity index (χ0n) is 31.7. The number of amides is 1. The molecule has 0 atom stereocenters. The summed E-state index contributed by atoms with van der Waals surface area (Å²) < 4.78 is 53.0. The maximum absolute atomic E-state index is 14.5. The van der Waals surface area contributed by atoms with Crippen LogP contribution in [0.2, 0.25) is 0 Å². The van der Waals surface area contributed by atoms with Crippen LogP contribution >= 0.6 is 0 Å². The normalized spacial score (nSPS) is 11.4. The summed E-state index contributed by atoms with van der Waals surface area (Å²) in [7, 11) is -0.205. The standard InChI is InChI=1S/C43H39FN8O5S/c1-51-19-18-47-42(51)35-23-31(37-4-3-5-41(50-37)57-27-33-9-6-29(26-45)22-36(33)44)11-10-30(35)25-40-49-38-24-32(12-15-39(38)52(40)20-21-56-2)43(53)48-17-16-28-7-13-34(14-8-28)58(46,54)55/h3-15,18-19,22-24H,16-17,20-21,25,27H2,1-2H3,(H,48,53)(H2,46,54,55). The third-order valence-corrected chi connectivity index (χ3v) is 10.6. The molecule has 15 heteroatoms. The number of pyridine rings is 1. The first-order chi connectivity index (χ1) is 28.0. The summed E-state index contributed by atoms with van der Waals surface area (Å²) in [5, 5.41) is 17.2. The first-order valence-electron chi connectivity index (χ1n) is 18.3. The highest BCUT2D eigenvalue weighted by atomic mass is 32.2. The predicted octanol–water partition coefficient (Wildman–Crippen LogP) is 5.95. The summed E-state index contributed by atoms with van der Waals surface area (Å²) in [4.78, 5) is 27.7. The molecule has 7 aromatic rings. The molecule has 0 aliphatic rings. The SMILES string of the molecule is COCCn1c(Cc2ccc(-c3cccc(OCc4ccc(C#N)cc4F)n3)cc2-c2nccn2C)nc2cc(C(=O)NCCc3ccc(S(N)(=O)=O)cc3)ccc21. The van der Waals surface area contributed by atoms with Crippen molar-refractivity contribution in [3.63, 3.8) is 0 Å². The smallest absolute Gasteiger partial charge is 0.251 e. The summed E-state index contributed by atoms with van der Waals surface area (Å²) in [5.74, 6) is 1.07. The number of nitriles is 1. The number of fused-ring (bicyclic) bond motifs is 1. The van der Waals surface area contributed by atoms with Gasteiger partial charge in [-0.3, -0.25) is 4.79 Å². The number of imidazole rings is 2. The van der Waals surface area contributed by atoms with Crippen LogP contribution in [0.1, 0.15) is 38.4 Å². The number of rotatable bonds is 15. The van der Waals surface area contributed by atoms with Gasteiger partial charge in [0.2, 0.25) is 15.9 Å². The Morgan fingerprint density at radius 2 is 1.79 bits per heavy atom. The minimum atomic E-state index is -3.78. The lowest BCUT2D eigenvalue weighted by Crippen LogP contribution is -2.25. The van der Waals surface area contributed by atoms with Crippen LogP contribution in [-0.2, 0) is 47.8 Å². The molecular formula is C43H39FN8O5S. The number of sulfonamides is 1. The minimum Gasteiger partial charge on any atom is -0.473 e. The molecule has 294 valence electrons. The number of halogens is 1. The van der Waals surface area contributed by atoms with Crippen LogP contribution in [0.4, 0.5) is 4.39 Å². The zero-order chi connectivity index (χ0) is 40.8. The van der Waals surface area contributed by atoms with E-state index in [1.54, 1.807) is 49.7 Å². The second-order valence-corrected chi connectivity index (χ2v) is 15.1. The van der Waals surface area contributed by atoms with Gasteiger partial charge in [-0.1, -0.05) is 36.4 Å². The van der Waals surface area contributed by atoms with Crippen molar-refractivity contribution in [3.05, 3.63) is 149 Å². The van der Waals surface area contributed by atoms with Crippen molar-refractivity contribution < 1.29 is 27.1 Å². The molecule has 7 rings (SSSR count). The van der Waals surface area contributed by atoms with E-state index < -0.39 is 15.8 Å². The average molecular weight is 799 g/mol. The molecule has 0 saturated heterocycles. The lowest BCUT2D eigenvalue weighted by atomic mass is 9.98. The summed E-state index contributed by atoms with van der Waals surface area (Å²) in [6, 6.07) is 29.3. The van der Waals surface area contributed by atoms with E-state index in [4.69, 9.17) is 29.8 Å². The van der Waals surface area contributed by atoms with Crippen molar-refractivity contribution in [1.82, 2.24) is 29.4 Å². The maximum atomic E-state index is 14.5. The van der Waals surface area contributed by atoms with Crippen molar-refractivity contribution >= 4 is 27.0 Å². The van der Waals surface area contributed by atoms with Crippen LogP contribution in [0, 0.1) is 17.1 Å². The van der Waals surface area contributed by atoms with E-state index in [-0.39, 0.29) is 23.0 Å². The van der Waals surface area contributed by atoms with Crippen LogP contribution in [0.15, 0.2) is 114 Å². The van der Waals surface area contributed by atoms with Crippen LogP contribution in [0.3, 0.4) is 0 Å². The zero-order valence-corrected chi connectivity index (χ0v) is 32.5. The third-order valence-electron chi connectivity index (χ3n) is 9.66. The van der Waals surface area contributed by atoms with E-state index in [1.807, 2.05) is 60.3 Å². The van der Waals surface area contributed by atoms with E-state index in [1.165, 1.54) is 24.3 Å². The molecule has 0 saturated carbocycles. The average Bonchev–Trinajstić information content (AvgIpc) is 3.81. The van der Waals surface area contributed by atoms with Crippen molar-refractivity contribution in [2.45, 2.75) is 30.9 Å². The number of carbonyl (C=O) groups excluding carboxylic acids is 1. The largest absolute Gasteiger partial charge is 0.473 e. The first-order valence-corrected chi connectivity index (χ1v) is 19.8. The fraction of sp³-hybridized carbons (Fsp3) is 0.186. The molecule has 58 heavy (non-hydrogen) atoms. The fourth-order valence-corrected chi connectivity index (χ4v) is 7.11. The quantitative estimate of drug-likeness (QED) is 0.127. The number of nitrogens with two attached hydrogens (primary N) is 1. The Kier molecular flexibility index (Phi) is 11.7. The Bertz CT molecular complexity index is 2780. The van der Waals surface area contributed by atoms with Gasteiger partial charge in [0.05, 0.1) is 39.9 Å². The number of primary sulfonamides is 1. The number of aryl methyl sites for hydroxylation is 1. The molecule has 0 radical (unpaired) electrons. The van der Waals surface area contributed by atoms with Gasteiger partial charge in [-0.2, -0.15) is 5.26 Å². The van der Waals surface area contributed by atoms with E-state index in [0.29, 0.717) is 60.8 Å². The molecule has 3 aromatic heterocycles.